The van der Waals surface area contributed by atoms with Crippen molar-refractivity contribution in [3.8, 4) is 6.01 Å². The van der Waals surface area contributed by atoms with Crippen LogP contribution in [0.15, 0.2) is 12.1 Å². The van der Waals surface area contributed by atoms with E-state index in [1.807, 2.05) is 6.92 Å². The molecule has 2 rings (SSSR count). The van der Waals surface area contributed by atoms with E-state index < -0.39 is 0 Å². The fourth-order valence-corrected chi connectivity index (χ4v) is 2.42. The molecule has 7 heteroatoms. The first kappa shape index (κ1) is 13.5. The monoisotopic (exact) mass is 279 g/mol. The number of aryl methyl sites for hydroxylation is 1. The van der Waals surface area contributed by atoms with Crippen LogP contribution in [0.2, 0.25) is 0 Å². The zero-order valence-corrected chi connectivity index (χ0v) is 11.8. The summed E-state index contributed by atoms with van der Waals surface area (Å²) in [6, 6.07) is 4.48. The van der Waals surface area contributed by atoms with Gasteiger partial charge >= 0.3 is 6.01 Å². The Balaban J connectivity index is 2.02. The smallest absolute Gasteiger partial charge is 0.323 e. The number of aromatic nitrogens is 3. The number of nitrogens with two attached hydrogens (primary N) is 1. The van der Waals surface area contributed by atoms with Gasteiger partial charge in [0.15, 0.2) is 0 Å². The summed E-state index contributed by atoms with van der Waals surface area (Å²) in [5.41, 5.74) is 5.60. The fraction of sp³-hybridized carbons (Fsp3) is 0.417. The summed E-state index contributed by atoms with van der Waals surface area (Å²) in [5.74, 6) is 0.587. The molecule has 19 heavy (non-hydrogen) atoms. The molecular weight excluding hydrogens is 262 g/mol. The van der Waals surface area contributed by atoms with Crippen LogP contribution in [0.1, 0.15) is 23.6 Å². The highest BCUT2D eigenvalue weighted by Gasteiger charge is 2.05. The summed E-state index contributed by atoms with van der Waals surface area (Å²) < 4.78 is 5.22. The second kappa shape index (κ2) is 6.33. The lowest BCUT2D eigenvalue weighted by Crippen LogP contribution is -2.08. The number of ether oxygens (including phenoxy) is 1. The van der Waals surface area contributed by atoms with E-state index in [4.69, 9.17) is 10.5 Å². The molecule has 0 aliphatic heterocycles. The van der Waals surface area contributed by atoms with Crippen LogP contribution in [-0.4, -0.2) is 21.6 Å². The Morgan fingerprint density at radius 2 is 2.00 bits per heavy atom. The topological polar surface area (TPSA) is 86.0 Å². The zero-order chi connectivity index (χ0) is 13.7. The first-order valence-corrected chi connectivity index (χ1v) is 6.98. The Morgan fingerprint density at radius 3 is 2.68 bits per heavy atom. The molecule has 0 spiro atoms. The van der Waals surface area contributed by atoms with Crippen molar-refractivity contribution in [1.29, 1.82) is 0 Å². The van der Waals surface area contributed by atoms with Crippen LogP contribution < -0.4 is 15.8 Å². The zero-order valence-electron chi connectivity index (χ0n) is 11.0. The first-order valence-electron chi connectivity index (χ1n) is 6.17. The summed E-state index contributed by atoms with van der Waals surface area (Å²) >= 11 is 1.77. The van der Waals surface area contributed by atoms with E-state index in [0.717, 1.165) is 6.42 Å². The van der Waals surface area contributed by atoms with Gasteiger partial charge in [-0.25, -0.2) is 0 Å². The molecule has 2 aromatic heterocycles. The molecule has 0 fully saturated rings. The summed E-state index contributed by atoms with van der Waals surface area (Å²) in [5, 5.41) is 3.13. The standard InChI is InChI=1S/C12H17N5OS/c1-3-8-5-6-9(19-8)7-14-11-15-10(13)16-12(17-11)18-4-2/h5-6H,3-4,7H2,1-2H3,(H3,13,14,15,16,17). The summed E-state index contributed by atoms with van der Waals surface area (Å²) in [6.07, 6.45) is 1.05. The normalized spacial score (nSPS) is 10.4. The molecule has 6 nitrogen and oxygen atoms in total. The van der Waals surface area contributed by atoms with E-state index in [-0.39, 0.29) is 12.0 Å². The van der Waals surface area contributed by atoms with E-state index in [9.17, 15) is 0 Å². The second-order valence-corrected chi connectivity index (χ2v) is 5.06. The molecule has 0 unspecified atom stereocenters. The average Bonchev–Trinajstić information content (AvgIpc) is 2.84. The van der Waals surface area contributed by atoms with Crippen LogP contribution in [0.25, 0.3) is 0 Å². The van der Waals surface area contributed by atoms with Gasteiger partial charge in [-0.05, 0) is 25.5 Å². The Morgan fingerprint density at radius 1 is 1.21 bits per heavy atom. The maximum atomic E-state index is 5.60. The molecule has 0 atom stereocenters. The molecule has 2 aromatic rings. The van der Waals surface area contributed by atoms with Crippen LogP contribution in [0.5, 0.6) is 6.01 Å². The molecule has 0 bridgehead atoms. The van der Waals surface area contributed by atoms with Crippen LogP contribution in [-0.2, 0) is 13.0 Å². The van der Waals surface area contributed by atoms with E-state index >= 15 is 0 Å². The lowest BCUT2D eigenvalue weighted by atomic mass is 10.4. The Labute approximate surface area is 116 Å². The lowest BCUT2D eigenvalue weighted by molar-refractivity contribution is 0.312. The van der Waals surface area contributed by atoms with E-state index in [2.05, 4.69) is 39.3 Å². The SMILES string of the molecule is CCOc1nc(N)nc(NCc2ccc(CC)s2)n1. The molecule has 0 aliphatic carbocycles. The molecule has 0 amide bonds. The van der Waals surface area contributed by atoms with E-state index in [1.165, 1.54) is 9.75 Å². The summed E-state index contributed by atoms with van der Waals surface area (Å²) in [6.45, 7) is 5.17. The number of rotatable bonds is 6. The number of nitrogens with zero attached hydrogens (tertiary/aromatic N) is 3. The molecule has 0 saturated carbocycles. The minimum absolute atomic E-state index is 0.154. The van der Waals surface area contributed by atoms with Gasteiger partial charge in [-0.3, -0.25) is 0 Å². The third-order valence-corrected chi connectivity index (χ3v) is 3.62. The van der Waals surface area contributed by atoms with Crippen LogP contribution >= 0.6 is 11.3 Å². The Bertz CT molecular complexity index is 543. The van der Waals surface area contributed by atoms with E-state index in [0.29, 0.717) is 19.1 Å². The maximum Gasteiger partial charge on any atom is 0.323 e. The molecular formula is C12H17N5OS. The molecule has 102 valence electrons. The third-order valence-electron chi connectivity index (χ3n) is 2.39. The molecule has 0 aromatic carbocycles. The van der Waals surface area contributed by atoms with Crippen molar-refractivity contribution in [3.05, 3.63) is 21.9 Å². The number of anilines is 2. The van der Waals surface area contributed by atoms with Gasteiger partial charge < -0.3 is 15.8 Å². The third kappa shape index (κ3) is 3.78. The predicted molar refractivity (Wildman–Crippen MR) is 76.4 cm³/mol. The van der Waals surface area contributed by atoms with Gasteiger partial charge in [-0.2, -0.15) is 15.0 Å². The van der Waals surface area contributed by atoms with Crippen molar-refractivity contribution in [1.82, 2.24) is 15.0 Å². The van der Waals surface area contributed by atoms with Crippen molar-refractivity contribution in [2.75, 3.05) is 17.7 Å². The molecule has 0 saturated heterocycles. The molecule has 0 aliphatic rings. The van der Waals surface area contributed by atoms with Crippen molar-refractivity contribution in [2.24, 2.45) is 0 Å². The highest BCUT2D eigenvalue weighted by molar-refractivity contribution is 7.12. The van der Waals surface area contributed by atoms with Gasteiger partial charge in [0.05, 0.1) is 13.2 Å². The van der Waals surface area contributed by atoms with E-state index in [1.54, 1.807) is 11.3 Å². The predicted octanol–water partition coefficient (Wildman–Crippen LogP) is 2.09. The minimum atomic E-state index is 0.154. The number of thiophene rings is 1. The van der Waals surface area contributed by atoms with Crippen molar-refractivity contribution in [3.63, 3.8) is 0 Å². The summed E-state index contributed by atoms with van der Waals surface area (Å²) in [7, 11) is 0. The van der Waals surface area contributed by atoms with Gasteiger partial charge in [0, 0.05) is 9.75 Å². The van der Waals surface area contributed by atoms with Gasteiger partial charge in [0.25, 0.3) is 0 Å². The highest BCUT2D eigenvalue weighted by Crippen LogP contribution is 2.18. The van der Waals surface area contributed by atoms with Gasteiger partial charge in [0.1, 0.15) is 0 Å². The summed E-state index contributed by atoms with van der Waals surface area (Å²) in [4.78, 5) is 14.6. The fourth-order valence-electron chi connectivity index (χ4n) is 1.52. The van der Waals surface area contributed by atoms with Gasteiger partial charge in [-0.1, -0.05) is 6.92 Å². The van der Waals surface area contributed by atoms with Crippen LogP contribution in [0.4, 0.5) is 11.9 Å². The van der Waals surface area contributed by atoms with Crippen molar-refractivity contribution < 1.29 is 4.74 Å². The van der Waals surface area contributed by atoms with Gasteiger partial charge in [-0.15, -0.1) is 11.3 Å². The second-order valence-electron chi connectivity index (χ2n) is 3.81. The maximum absolute atomic E-state index is 5.60. The number of hydrogen-bond donors (Lipinski definition) is 2. The van der Waals surface area contributed by atoms with Crippen molar-refractivity contribution in [2.45, 2.75) is 26.8 Å². The minimum Gasteiger partial charge on any atom is -0.464 e. The van der Waals surface area contributed by atoms with Crippen LogP contribution in [0, 0.1) is 0 Å². The Hall–Kier alpha value is -1.89. The lowest BCUT2D eigenvalue weighted by Gasteiger charge is -2.06. The number of hydrogen-bond acceptors (Lipinski definition) is 7. The largest absolute Gasteiger partial charge is 0.464 e. The average molecular weight is 279 g/mol. The van der Waals surface area contributed by atoms with Crippen molar-refractivity contribution >= 4 is 23.2 Å². The quantitative estimate of drug-likeness (QED) is 0.842. The Kier molecular flexibility index (Phi) is 4.51. The first-order chi connectivity index (χ1) is 9.21. The highest BCUT2D eigenvalue weighted by atomic mass is 32.1. The molecule has 2 heterocycles. The molecule has 3 N–H and O–H groups in total. The number of nitrogens with one attached hydrogen (secondary N) is 1. The van der Waals surface area contributed by atoms with Gasteiger partial charge in [0.2, 0.25) is 11.9 Å². The number of nitrogen functional groups attached to an aromatic ring is 1. The van der Waals surface area contributed by atoms with Crippen LogP contribution in [0.3, 0.4) is 0 Å². The molecule has 0 radical (unpaired) electrons.